The van der Waals surface area contributed by atoms with Gasteiger partial charge in [-0.1, -0.05) is 29.8 Å². The third kappa shape index (κ3) is 5.52. The monoisotopic (exact) mass is 390 g/mol. The highest BCUT2D eigenvalue weighted by atomic mass is 35.5. The Balaban J connectivity index is 1.45. The average Bonchev–Trinajstić information content (AvgIpc) is 2.66. The second kappa shape index (κ2) is 8.97. The summed E-state index contributed by atoms with van der Waals surface area (Å²) in [5, 5.41) is 5.86. The van der Waals surface area contributed by atoms with Crippen LogP contribution in [0.3, 0.4) is 0 Å². The molecule has 1 aliphatic rings. The Bertz CT molecular complexity index is 808. The average molecular weight is 391 g/mol. The molecule has 0 aromatic heterocycles. The zero-order chi connectivity index (χ0) is 19.2. The summed E-state index contributed by atoms with van der Waals surface area (Å²) in [4.78, 5) is 25.6. The molecule has 5 nitrogen and oxygen atoms in total. The second-order valence-electron chi connectivity index (χ2n) is 6.73. The van der Waals surface area contributed by atoms with E-state index in [0.717, 1.165) is 23.7 Å². The van der Waals surface area contributed by atoms with Crippen molar-refractivity contribution >= 4 is 34.8 Å². The third-order valence-corrected chi connectivity index (χ3v) is 4.95. The van der Waals surface area contributed by atoms with E-state index in [4.69, 9.17) is 11.6 Å². The number of halogens is 2. The van der Waals surface area contributed by atoms with Crippen LogP contribution in [0.1, 0.15) is 12.8 Å². The molecule has 0 spiro atoms. The smallest absolute Gasteiger partial charge is 0.279 e. The molecule has 0 saturated carbocycles. The molecule has 7 heteroatoms. The molecule has 1 heterocycles. The van der Waals surface area contributed by atoms with Crippen molar-refractivity contribution in [2.75, 3.05) is 30.3 Å². The zero-order valence-electron chi connectivity index (χ0n) is 14.8. The van der Waals surface area contributed by atoms with Gasteiger partial charge < -0.3 is 15.5 Å². The molecule has 2 amide bonds. The van der Waals surface area contributed by atoms with Crippen molar-refractivity contribution in [2.24, 2.45) is 5.92 Å². The van der Waals surface area contributed by atoms with E-state index in [-0.39, 0.29) is 30.0 Å². The lowest BCUT2D eigenvalue weighted by molar-refractivity contribution is -0.897. The Hall–Kier alpha value is -2.44. The topological polar surface area (TPSA) is 62.6 Å². The molecule has 0 aliphatic carbocycles. The SMILES string of the molecule is O=C(C[NH+]1CCC(C(=O)Nc2ccccc2)CC1)Nc1cc(Cl)ccc1F. The predicted octanol–water partition coefficient (Wildman–Crippen LogP) is 2.35. The van der Waals surface area contributed by atoms with Crippen LogP contribution in [-0.4, -0.2) is 31.4 Å². The van der Waals surface area contributed by atoms with Gasteiger partial charge in [0.2, 0.25) is 5.91 Å². The molecule has 1 fully saturated rings. The minimum Gasteiger partial charge on any atom is -0.327 e. The molecule has 142 valence electrons. The van der Waals surface area contributed by atoms with Crippen LogP contribution in [-0.2, 0) is 9.59 Å². The van der Waals surface area contributed by atoms with Crippen LogP contribution in [0.5, 0.6) is 0 Å². The van der Waals surface area contributed by atoms with Gasteiger partial charge >= 0.3 is 0 Å². The summed E-state index contributed by atoms with van der Waals surface area (Å²) < 4.78 is 13.7. The molecule has 2 aromatic carbocycles. The molecular weight excluding hydrogens is 369 g/mol. The van der Waals surface area contributed by atoms with Gasteiger partial charge in [0.1, 0.15) is 5.82 Å². The fourth-order valence-corrected chi connectivity index (χ4v) is 3.42. The van der Waals surface area contributed by atoms with E-state index in [0.29, 0.717) is 17.9 Å². The number of carbonyl (C=O) groups excluding carboxylic acids is 2. The molecule has 2 aromatic rings. The lowest BCUT2D eigenvalue weighted by Gasteiger charge is -2.28. The van der Waals surface area contributed by atoms with E-state index < -0.39 is 5.82 Å². The van der Waals surface area contributed by atoms with Crippen molar-refractivity contribution in [3.63, 3.8) is 0 Å². The maximum Gasteiger partial charge on any atom is 0.279 e. The maximum atomic E-state index is 13.7. The second-order valence-corrected chi connectivity index (χ2v) is 7.17. The third-order valence-electron chi connectivity index (χ3n) is 4.72. The van der Waals surface area contributed by atoms with Crippen LogP contribution in [0, 0.1) is 11.7 Å². The zero-order valence-corrected chi connectivity index (χ0v) is 15.6. The highest BCUT2D eigenvalue weighted by Crippen LogP contribution is 2.19. The number of benzene rings is 2. The van der Waals surface area contributed by atoms with E-state index in [1.165, 1.54) is 18.2 Å². The standard InChI is InChI=1S/C20H21ClFN3O2/c21-15-6-7-17(22)18(12-15)24-19(26)13-25-10-8-14(9-11-25)20(27)23-16-4-2-1-3-5-16/h1-7,12,14H,8-11,13H2,(H,23,27)(H,24,26)/p+1. The van der Waals surface area contributed by atoms with Crippen LogP contribution in [0.2, 0.25) is 5.02 Å². The number of piperidine rings is 1. The van der Waals surface area contributed by atoms with Gasteiger partial charge in [-0.15, -0.1) is 0 Å². The minimum absolute atomic E-state index is 0.0192. The first-order valence-electron chi connectivity index (χ1n) is 8.95. The lowest BCUT2D eigenvalue weighted by atomic mass is 9.96. The van der Waals surface area contributed by atoms with Crippen LogP contribution in [0.4, 0.5) is 15.8 Å². The number of rotatable bonds is 5. The summed E-state index contributed by atoms with van der Waals surface area (Å²) in [5.74, 6) is -0.814. The molecule has 27 heavy (non-hydrogen) atoms. The molecular formula is C20H22ClFN3O2+. The van der Waals surface area contributed by atoms with E-state index in [1.807, 2.05) is 30.3 Å². The van der Waals surface area contributed by atoms with Gasteiger partial charge in [0.25, 0.3) is 5.91 Å². The summed E-state index contributed by atoms with van der Waals surface area (Å²) >= 11 is 5.83. The Kier molecular flexibility index (Phi) is 6.42. The van der Waals surface area contributed by atoms with Crippen molar-refractivity contribution in [2.45, 2.75) is 12.8 Å². The number of nitrogens with one attached hydrogen (secondary N) is 3. The van der Waals surface area contributed by atoms with E-state index in [1.54, 1.807) is 0 Å². The number of likely N-dealkylation sites (tertiary alicyclic amines) is 1. The molecule has 0 unspecified atom stereocenters. The van der Waals surface area contributed by atoms with Crippen molar-refractivity contribution < 1.29 is 18.9 Å². The predicted molar refractivity (Wildman–Crippen MR) is 103 cm³/mol. The molecule has 1 saturated heterocycles. The number of carbonyl (C=O) groups is 2. The molecule has 0 radical (unpaired) electrons. The van der Waals surface area contributed by atoms with Gasteiger partial charge in [-0.3, -0.25) is 9.59 Å². The molecule has 0 bridgehead atoms. The first-order valence-corrected chi connectivity index (χ1v) is 9.33. The summed E-state index contributed by atoms with van der Waals surface area (Å²) in [5.41, 5.74) is 0.879. The highest BCUT2D eigenvalue weighted by Gasteiger charge is 2.28. The molecule has 0 atom stereocenters. The normalized spacial score (nSPS) is 19.3. The Labute approximate surface area is 162 Å². The Morgan fingerprint density at radius 2 is 1.78 bits per heavy atom. The summed E-state index contributed by atoms with van der Waals surface area (Å²) in [6.45, 7) is 1.68. The van der Waals surface area contributed by atoms with Gasteiger partial charge in [0.05, 0.1) is 18.8 Å². The number of quaternary nitrogens is 1. The summed E-state index contributed by atoms with van der Waals surface area (Å²) in [6.07, 6.45) is 1.43. The van der Waals surface area contributed by atoms with Crippen molar-refractivity contribution in [3.8, 4) is 0 Å². The summed E-state index contributed by atoms with van der Waals surface area (Å²) in [6, 6.07) is 13.4. The van der Waals surface area contributed by atoms with Crippen molar-refractivity contribution in [1.29, 1.82) is 0 Å². The van der Waals surface area contributed by atoms with Gasteiger partial charge in [-0.05, 0) is 30.3 Å². The highest BCUT2D eigenvalue weighted by molar-refractivity contribution is 6.30. The van der Waals surface area contributed by atoms with E-state index >= 15 is 0 Å². The fraction of sp³-hybridized carbons (Fsp3) is 0.300. The van der Waals surface area contributed by atoms with Crippen LogP contribution < -0.4 is 15.5 Å². The van der Waals surface area contributed by atoms with Crippen molar-refractivity contribution in [1.82, 2.24) is 0 Å². The Morgan fingerprint density at radius 1 is 1.07 bits per heavy atom. The fourth-order valence-electron chi connectivity index (χ4n) is 3.25. The van der Waals surface area contributed by atoms with Gasteiger partial charge in [0.15, 0.2) is 6.54 Å². The van der Waals surface area contributed by atoms with Crippen LogP contribution >= 0.6 is 11.6 Å². The van der Waals surface area contributed by atoms with Crippen LogP contribution in [0.15, 0.2) is 48.5 Å². The molecule has 3 N–H and O–H groups in total. The maximum absolute atomic E-state index is 13.7. The van der Waals surface area contributed by atoms with Crippen molar-refractivity contribution in [3.05, 3.63) is 59.4 Å². The first-order chi connectivity index (χ1) is 13.0. The van der Waals surface area contributed by atoms with E-state index in [9.17, 15) is 14.0 Å². The van der Waals surface area contributed by atoms with E-state index in [2.05, 4.69) is 10.6 Å². The largest absolute Gasteiger partial charge is 0.327 e. The van der Waals surface area contributed by atoms with Gasteiger partial charge in [-0.2, -0.15) is 0 Å². The first kappa shape index (κ1) is 19.3. The molecule has 3 rings (SSSR count). The van der Waals surface area contributed by atoms with Crippen LogP contribution in [0.25, 0.3) is 0 Å². The quantitative estimate of drug-likeness (QED) is 0.734. The minimum atomic E-state index is -0.515. The van der Waals surface area contributed by atoms with Gasteiger partial charge in [0, 0.05) is 29.5 Å². The van der Waals surface area contributed by atoms with Gasteiger partial charge in [-0.25, -0.2) is 4.39 Å². The molecule has 1 aliphatic heterocycles. The summed E-state index contributed by atoms with van der Waals surface area (Å²) in [7, 11) is 0. The number of amides is 2. The number of hydrogen-bond acceptors (Lipinski definition) is 2. The number of hydrogen-bond donors (Lipinski definition) is 3. The number of anilines is 2. The lowest BCUT2D eigenvalue weighted by Crippen LogP contribution is -3.14. The Morgan fingerprint density at radius 3 is 2.48 bits per heavy atom. The number of para-hydroxylation sites is 1.